The van der Waals surface area contributed by atoms with E-state index in [0.717, 1.165) is 0 Å². The van der Waals surface area contributed by atoms with E-state index >= 15 is 0 Å². The summed E-state index contributed by atoms with van der Waals surface area (Å²) in [5.41, 5.74) is 0. The molecule has 7 heteroatoms. The van der Waals surface area contributed by atoms with Crippen LogP contribution in [0, 0.1) is 0 Å². The lowest BCUT2D eigenvalue weighted by molar-refractivity contribution is -0.339. The molecule has 0 rings (SSSR count). The van der Waals surface area contributed by atoms with Crippen LogP contribution < -0.4 is 5.32 Å². The molecule has 0 spiro atoms. The highest BCUT2D eigenvalue weighted by Crippen LogP contribution is 2.13. The summed E-state index contributed by atoms with van der Waals surface area (Å²) in [6.45, 7) is 0. The predicted molar refractivity (Wildman–Crippen MR) is 40.9 cm³/mol. The van der Waals surface area contributed by atoms with Gasteiger partial charge in [0, 0.05) is 6.42 Å². The minimum absolute atomic E-state index is 0.233. The van der Waals surface area contributed by atoms with Gasteiger partial charge in [-0.3, -0.25) is 0 Å². The van der Waals surface area contributed by atoms with E-state index in [0.29, 0.717) is 0 Å². The Bertz CT molecular complexity index is 148. The minimum Gasteiger partial charge on any atom is -0.344 e. The first-order valence-corrected chi connectivity index (χ1v) is 3.68. The molecular formula is C6H15NO6. The Kier molecular flexibility index (Phi) is 4.20. The first kappa shape index (κ1) is 12.7. The van der Waals surface area contributed by atoms with Crippen LogP contribution in [-0.4, -0.2) is 55.7 Å². The number of likely N-dealkylation sites (N-methyl/N-ethyl adjacent to an activating group) is 1. The first-order valence-electron chi connectivity index (χ1n) is 3.68. The van der Waals surface area contributed by atoms with Crippen LogP contribution in [0.1, 0.15) is 12.8 Å². The van der Waals surface area contributed by atoms with Crippen LogP contribution in [-0.2, 0) is 0 Å². The normalized spacial score (nSPS) is 15.9. The molecule has 0 fully saturated rings. The monoisotopic (exact) mass is 197 g/mol. The predicted octanol–water partition coefficient (Wildman–Crippen LogP) is -3.38. The van der Waals surface area contributed by atoms with Gasteiger partial charge in [-0.25, -0.2) is 0 Å². The van der Waals surface area contributed by atoms with Gasteiger partial charge in [-0.05, 0) is 13.5 Å². The number of aliphatic hydroxyl groups is 6. The van der Waals surface area contributed by atoms with Gasteiger partial charge in [0.2, 0.25) is 0 Å². The molecule has 0 aromatic rings. The van der Waals surface area contributed by atoms with Crippen LogP contribution in [0.4, 0.5) is 0 Å². The lowest BCUT2D eigenvalue weighted by atomic mass is 10.1. The summed E-state index contributed by atoms with van der Waals surface area (Å²) in [5, 5.41) is 53.8. The lowest BCUT2D eigenvalue weighted by Gasteiger charge is -2.26. The van der Waals surface area contributed by atoms with Crippen molar-refractivity contribution in [1.82, 2.24) is 5.32 Å². The summed E-state index contributed by atoms with van der Waals surface area (Å²) in [5.74, 6) is -5.83. The molecule has 1 atom stereocenters. The Hall–Kier alpha value is -0.280. The van der Waals surface area contributed by atoms with E-state index < -0.39 is 24.4 Å². The van der Waals surface area contributed by atoms with Crippen molar-refractivity contribution in [2.45, 2.75) is 30.8 Å². The number of hydrogen-bond acceptors (Lipinski definition) is 7. The lowest BCUT2D eigenvalue weighted by Crippen LogP contribution is -2.50. The summed E-state index contributed by atoms with van der Waals surface area (Å²) in [6.07, 6.45) is -0.758. The fraction of sp³-hybridized carbons (Fsp3) is 1.00. The Morgan fingerprint density at radius 3 is 1.77 bits per heavy atom. The van der Waals surface area contributed by atoms with Crippen molar-refractivity contribution in [1.29, 1.82) is 0 Å². The van der Waals surface area contributed by atoms with Crippen LogP contribution in [0.2, 0.25) is 0 Å². The summed E-state index contributed by atoms with van der Waals surface area (Å²) in [4.78, 5) is 0. The average molecular weight is 197 g/mol. The highest BCUT2D eigenvalue weighted by molar-refractivity contribution is 4.72. The topological polar surface area (TPSA) is 133 Å². The highest BCUT2D eigenvalue weighted by Gasteiger charge is 2.33. The van der Waals surface area contributed by atoms with Gasteiger partial charge in [0.1, 0.15) is 0 Å². The molecule has 80 valence electrons. The molecule has 13 heavy (non-hydrogen) atoms. The SMILES string of the molecule is CNC(CCC(O)(O)O)C(O)(O)O. The minimum atomic E-state index is -2.96. The Balaban J connectivity index is 4.02. The first-order chi connectivity index (χ1) is 5.67. The Morgan fingerprint density at radius 1 is 1.08 bits per heavy atom. The number of rotatable bonds is 5. The molecule has 0 aromatic heterocycles. The van der Waals surface area contributed by atoms with Crippen molar-refractivity contribution < 1.29 is 30.6 Å². The van der Waals surface area contributed by atoms with Gasteiger partial charge < -0.3 is 36.0 Å². The standard InChI is InChI=1S/C6H15NO6/c1-7-4(6(11,12)13)2-3-5(8,9)10/h4,7-13H,2-3H2,1H3. The third kappa shape index (κ3) is 5.88. The zero-order valence-corrected chi connectivity index (χ0v) is 7.17. The second kappa shape index (κ2) is 4.29. The highest BCUT2D eigenvalue weighted by atomic mass is 16.7. The molecule has 0 saturated heterocycles. The number of hydrogen-bond donors (Lipinski definition) is 7. The third-order valence-electron chi connectivity index (χ3n) is 1.58. The van der Waals surface area contributed by atoms with E-state index in [1.54, 1.807) is 0 Å². The summed E-state index contributed by atoms with van der Waals surface area (Å²) >= 11 is 0. The Labute approximate surface area is 74.9 Å². The Morgan fingerprint density at radius 2 is 1.54 bits per heavy atom. The molecule has 0 radical (unpaired) electrons. The number of nitrogens with one attached hydrogen (secondary N) is 1. The molecule has 0 aliphatic heterocycles. The fourth-order valence-electron chi connectivity index (χ4n) is 0.870. The smallest absolute Gasteiger partial charge is 0.291 e. The molecule has 7 N–H and O–H groups in total. The molecule has 0 aliphatic carbocycles. The van der Waals surface area contributed by atoms with Crippen molar-refractivity contribution in [3.63, 3.8) is 0 Å². The van der Waals surface area contributed by atoms with Crippen LogP contribution in [0.25, 0.3) is 0 Å². The van der Waals surface area contributed by atoms with E-state index in [-0.39, 0.29) is 6.42 Å². The molecule has 1 unspecified atom stereocenters. The van der Waals surface area contributed by atoms with Gasteiger partial charge >= 0.3 is 0 Å². The van der Waals surface area contributed by atoms with E-state index in [9.17, 15) is 0 Å². The maximum Gasteiger partial charge on any atom is 0.291 e. The van der Waals surface area contributed by atoms with Crippen molar-refractivity contribution in [2.75, 3.05) is 7.05 Å². The summed E-state index contributed by atoms with van der Waals surface area (Å²) in [7, 11) is 1.34. The second-order valence-corrected chi connectivity index (χ2v) is 2.84. The van der Waals surface area contributed by atoms with E-state index in [2.05, 4.69) is 5.32 Å². The van der Waals surface area contributed by atoms with Gasteiger partial charge in [0.15, 0.2) is 0 Å². The third-order valence-corrected chi connectivity index (χ3v) is 1.58. The molecule has 0 amide bonds. The molecule has 0 heterocycles. The van der Waals surface area contributed by atoms with E-state index in [4.69, 9.17) is 30.6 Å². The van der Waals surface area contributed by atoms with Crippen molar-refractivity contribution in [3.8, 4) is 0 Å². The summed E-state index contributed by atoms with van der Waals surface area (Å²) in [6, 6.07) is -1.18. The van der Waals surface area contributed by atoms with E-state index in [1.165, 1.54) is 7.05 Å². The maximum absolute atomic E-state index is 8.68. The van der Waals surface area contributed by atoms with E-state index in [1.807, 2.05) is 0 Å². The maximum atomic E-state index is 8.68. The summed E-state index contributed by atoms with van der Waals surface area (Å²) < 4.78 is 0. The van der Waals surface area contributed by atoms with Crippen LogP contribution >= 0.6 is 0 Å². The van der Waals surface area contributed by atoms with Gasteiger partial charge in [0.25, 0.3) is 11.9 Å². The van der Waals surface area contributed by atoms with Gasteiger partial charge in [-0.1, -0.05) is 0 Å². The van der Waals surface area contributed by atoms with Gasteiger partial charge in [-0.2, -0.15) is 0 Å². The molecule has 0 bridgehead atoms. The fourth-order valence-corrected chi connectivity index (χ4v) is 0.870. The molecule has 7 nitrogen and oxygen atoms in total. The second-order valence-electron chi connectivity index (χ2n) is 2.84. The molecule has 0 aromatic carbocycles. The van der Waals surface area contributed by atoms with Crippen molar-refractivity contribution in [3.05, 3.63) is 0 Å². The molecule has 0 aliphatic rings. The average Bonchev–Trinajstić information content (AvgIpc) is 1.82. The van der Waals surface area contributed by atoms with Gasteiger partial charge in [0.05, 0.1) is 6.04 Å². The van der Waals surface area contributed by atoms with Crippen LogP contribution in [0.15, 0.2) is 0 Å². The largest absolute Gasteiger partial charge is 0.344 e. The van der Waals surface area contributed by atoms with Crippen molar-refractivity contribution >= 4 is 0 Å². The van der Waals surface area contributed by atoms with Crippen LogP contribution in [0.3, 0.4) is 0 Å². The molecule has 0 saturated carbocycles. The zero-order valence-electron chi connectivity index (χ0n) is 7.17. The van der Waals surface area contributed by atoms with Crippen molar-refractivity contribution in [2.24, 2.45) is 0 Å². The van der Waals surface area contributed by atoms with Gasteiger partial charge in [-0.15, -0.1) is 0 Å². The zero-order chi connectivity index (χ0) is 10.7. The van der Waals surface area contributed by atoms with Crippen LogP contribution in [0.5, 0.6) is 0 Å². The molecular weight excluding hydrogens is 182 g/mol. The quantitative estimate of drug-likeness (QED) is 0.229.